The second-order valence-electron chi connectivity index (χ2n) is 5.99. The van der Waals surface area contributed by atoms with Crippen molar-refractivity contribution in [3.05, 3.63) is 23.8 Å². The van der Waals surface area contributed by atoms with Crippen molar-refractivity contribution in [1.29, 1.82) is 0 Å². The lowest BCUT2D eigenvalue weighted by Crippen LogP contribution is -2.51. The second-order valence-corrected chi connectivity index (χ2v) is 5.99. The number of rotatable bonds is 0. The zero-order valence-corrected chi connectivity index (χ0v) is 11.0. The topological polar surface area (TPSA) is 32.3 Å². The number of hydrogen-bond acceptors (Lipinski definition) is 1. The Balaban J connectivity index is 1.98. The largest absolute Gasteiger partial charge is 0.333 e. The summed E-state index contributed by atoms with van der Waals surface area (Å²) in [6, 6.07) is 0.0615. The summed E-state index contributed by atoms with van der Waals surface area (Å²) in [6.45, 7) is 7.70. The SMILES string of the molecule is CC(C)(C)NC(=O)N1CCC2CC=CC=C2C1. The van der Waals surface area contributed by atoms with Crippen LogP contribution in [0.2, 0.25) is 0 Å². The fraction of sp³-hybridized carbons (Fsp3) is 0.643. The van der Waals surface area contributed by atoms with Gasteiger partial charge in [0.25, 0.3) is 0 Å². The van der Waals surface area contributed by atoms with Crippen molar-refractivity contribution in [2.45, 2.75) is 39.2 Å². The standard InChI is InChI=1S/C14H22N2O/c1-14(2,3)15-13(17)16-9-8-11-6-4-5-7-12(11)10-16/h4-5,7,11H,6,8-10H2,1-3H3,(H,15,17). The van der Waals surface area contributed by atoms with Crippen LogP contribution in [0.25, 0.3) is 0 Å². The van der Waals surface area contributed by atoms with Crippen LogP contribution in [0.4, 0.5) is 4.79 Å². The molecule has 1 aliphatic heterocycles. The highest BCUT2D eigenvalue weighted by Crippen LogP contribution is 2.29. The van der Waals surface area contributed by atoms with Gasteiger partial charge in [0.05, 0.1) is 0 Å². The number of carbonyl (C=O) groups excluding carboxylic acids is 1. The Kier molecular flexibility index (Phi) is 3.27. The van der Waals surface area contributed by atoms with Crippen molar-refractivity contribution >= 4 is 6.03 Å². The van der Waals surface area contributed by atoms with E-state index in [9.17, 15) is 4.79 Å². The maximum Gasteiger partial charge on any atom is 0.318 e. The summed E-state index contributed by atoms with van der Waals surface area (Å²) in [5.41, 5.74) is 1.25. The molecule has 1 saturated heterocycles. The van der Waals surface area contributed by atoms with Crippen LogP contribution in [0.3, 0.4) is 0 Å². The van der Waals surface area contributed by atoms with Gasteiger partial charge in [0.1, 0.15) is 0 Å². The van der Waals surface area contributed by atoms with Crippen LogP contribution in [0.5, 0.6) is 0 Å². The van der Waals surface area contributed by atoms with Gasteiger partial charge in [-0.2, -0.15) is 0 Å². The molecule has 1 N–H and O–H groups in total. The molecule has 1 aliphatic carbocycles. The normalized spacial score (nSPS) is 24.1. The molecule has 2 amide bonds. The molecular formula is C14H22N2O. The summed E-state index contributed by atoms with van der Waals surface area (Å²) >= 11 is 0. The molecule has 3 nitrogen and oxygen atoms in total. The highest BCUT2D eigenvalue weighted by molar-refractivity contribution is 5.75. The highest BCUT2D eigenvalue weighted by Gasteiger charge is 2.28. The fourth-order valence-electron chi connectivity index (χ4n) is 2.39. The van der Waals surface area contributed by atoms with Crippen molar-refractivity contribution in [2.24, 2.45) is 5.92 Å². The first kappa shape index (κ1) is 12.2. The third-order valence-corrected chi connectivity index (χ3v) is 3.28. The molecule has 0 aromatic carbocycles. The van der Waals surface area contributed by atoms with Gasteiger partial charge in [-0.15, -0.1) is 0 Å². The van der Waals surface area contributed by atoms with Gasteiger partial charge in [-0.1, -0.05) is 18.2 Å². The Bertz CT molecular complexity index is 363. The predicted molar refractivity (Wildman–Crippen MR) is 69.8 cm³/mol. The monoisotopic (exact) mass is 234 g/mol. The maximum absolute atomic E-state index is 12.1. The summed E-state index contributed by atoms with van der Waals surface area (Å²) < 4.78 is 0. The number of urea groups is 1. The lowest BCUT2D eigenvalue weighted by molar-refractivity contribution is 0.180. The number of amides is 2. The first-order valence-corrected chi connectivity index (χ1v) is 6.38. The molecule has 0 saturated carbocycles. The minimum absolute atomic E-state index is 0.0615. The highest BCUT2D eigenvalue weighted by atomic mass is 16.2. The van der Waals surface area contributed by atoms with E-state index in [2.05, 4.69) is 23.5 Å². The Labute approximate surface area is 104 Å². The Hall–Kier alpha value is -1.25. The number of likely N-dealkylation sites (tertiary alicyclic amines) is 1. The fourth-order valence-corrected chi connectivity index (χ4v) is 2.39. The lowest BCUT2D eigenvalue weighted by Gasteiger charge is -2.36. The van der Waals surface area contributed by atoms with Crippen LogP contribution in [0, 0.1) is 5.92 Å². The zero-order chi connectivity index (χ0) is 12.5. The van der Waals surface area contributed by atoms with Crippen LogP contribution in [-0.2, 0) is 0 Å². The number of carbonyl (C=O) groups is 1. The van der Waals surface area contributed by atoms with Crippen LogP contribution < -0.4 is 5.32 Å². The van der Waals surface area contributed by atoms with Crippen LogP contribution >= 0.6 is 0 Å². The van der Waals surface area contributed by atoms with Crippen molar-refractivity contribution in [3.63, 3.8) is 0 Å². The van der Waals surface area contributed by atoms with Crippen LogP contribution in [0.1, 0.15) is 33.6 Å². The number of allylic oxidation sites excluding steroid dienone is 3. The van der Waals surface area contributed by atoms with E-state index in [1.54, 1.807) is 0 Å². The van der Waals surface area contributed by atoms with Crippen molar-refractivity contribution in [3.8, 4) is 0 Å². The Morgan fingerprint density at radius 1 is 1.47 bits per heavy atom. The predicted octanol–water partition coefficient (Wildman–Crippen LogP) is 2.70. The molecule has 0 bridgehead atoms. The van der Waals surface area contributed by atoms with Gasteiger partial charge in [-0.25, -0.2) is 4.79 Å². The van der Waals surface area contributed by atoms with Crippen molar-refractivity contribution in [2.75, 3.05) is 13.1 Å². The first-order valence-electron chi connectivity index (χ1n) is 6.38. The van der Waals surface area contributed by atoms with Gasteiger partial charge >= 0.3 is 6.03 Å². The summed E-state index contributed by atoms with van der Waals surface area (Å²) in [7, 11) is 0. The molecule has 1 fully saturated rings. The van der Waals surface area contributed by atoms with E-state index in [4.69, 9.17) is 0 Å². The molecule has 2 rings (SSSR count). The van der Waals surface area contributed by atoms with Gasteiger partial charge in [0.2, 0.25) is 0 Å². The number of hydrogen-bond donors (Lipinski definition) is 1. The van der Waals surface area contributed by atoms with E-state index in [0.29, 0.717) is 5.92 Å². The van der Waals surface area contributed by atoms with E-state index in [-0.39, 0.29) is 11.6 Å². The van der Waals surface area contributed by atoms with Crippen molar-refractivity contribution in [1.82, 2.24) is 10.2 Å². The molecule has 3 heteroatoms. The number of fused-ring (bicyclic) bond motifs is 1. The summed E-state index contributed by atoms with van der Waals surface area (Å²) in [6.07, 6.45) is 8.73. The Morgan fingerprint density at radius 3 is 2.94 bits per heavy atom. The van der Waals surface area contributed by atoms with E-state index >= 15 is 0 Å². The zero-order valence-electron chi connectivity index (χ0n) is 11.0. The maximum atomic E-state index is 12.1. The molecule has 94 valence electrons. The average Bonchev–Trinajstić information content (AvgIpc) is 2.26. The minimum Gasteiger partial charge on any atom is -0.333 e. The molecule has 17 heavy (non-hydrogen) atoms. The van der Waals surface area contributed by atoms with E-state index < -0.39 is 0 Å². The summed E-state index contributed by atoms with van der Waals surface area (Å²) in [4.78, 5) is 14.0. The van der Waals surface area contributed by atoms with Crippen molar-refractivity contribution < 1.29 is 4.79 Å². The molecule has 1 atom stereocenters. The molecule has 1 unspecified atom stereocenters. The van der Waals surface area contributed by atoms with Crippen LogP contribution in [0.15, 0.2) is 23.8 Å². The third kappa shape index (κ3) is 3.11. The van der Waals surface area contributed by atoms with Gasteiger partial charge in [0, 0.05) is 18.6 Å². The molecule has 2 aliphatic rings. The summed E-state index contributed by atoms with van der Waals surface area (Å²) in [5.74, 6) is 0.665. The number of nitrogens with zero attached hydrogens (tertiary/aromatic N) is 1. The molecule has 0 radical (unpaired) electrons. The molecular weight excluding hydrogens is 212 g/mol. The molecule has 1 heterocycles. The van der Waals surface area contributed by atoms with E-state index in [1.807, 2.05) is 25.7 Å². The van der Waals surface area contributed by atoms with E-state index in [1.165, 1.54) is 5.57 Å². The van der Waals surface area contributed by atoms with Gasteiger partial charge in [-0.05, 0) is 45.1 Å². The summed E-state index contributed by atoms with van der Waals surface area (Å²) in [5, 5.41) is 3.03. The molecule has 0 spiro atoms. The smallest absolute Gasteiger partial charge is 0.318 e. The van der Waals surface area contributed by atoms with E-state index in [0.717, 1.165) is 25.9 Å². The van der Waals surface area contributed by atoms with Gasteiger partial charge in [-0.3, -0.25) is 0 Å². The minimum atomic E-state index is -0.158. The first-order chi connectivity index (χ1) is 7.96. The quantitative estimate of drug-likeness (QED) is 0.686. The average molecular weight is 234 g/mol. The van der Waals surface area contributed by atoms with Crippen LogP contribution in [-0.4, -0.2) is 29.6 Å². The lowest BCUT2D eigenvalue weighted by atomic mass is 9.85. The number of piperidine rings is 1. The molecule has 0 aromatic heterocycles. The number of nitrogens with one attached hydrogen (secondary N) is 1. The molecule has 0 aromatic rings. The third-order valence-electron chi connectivity index (χ3n) is 3.28. The van der Waals surface area contributed by atoms with Gasteiger partial charge in [0.15, 0.2) is 0 Å². The van der Waals surface area contributed by atoms with Gasteiger partial charge < -0.3 is 10.2 Å². The second kappa shape index (κ2) is 4.55. The Morgan fingerprint density at radius 2 is 2.24 bits per heavy atom.